The van der Waals surface area contributed by atoms with Crippen LogP contribution in [0.4, 0.5) is 8.78 Å². The molecule has 0 aromatic heterocycles. The van der Waals surface area contributed by atoms with E-state index in [4.69, 9.17) is 16.3 Å². The fourth-order valence-corrected chi connectivity index (χ4v) is 2.53. The maximum absolute atomic E-state index is 13.6. The van der Waals surface area contributed by atoms with Gasteiger partial charge in [-0.25, -0.2) is 8.78 Å². The summed E-state index contributed by atoms with van der Waals surface area (Å²) in [5.41, 5.74) is 1.29. The van der Waals surface area contributed by atoms with Gasteiger partial charge in [0.2, 0.25) is 0 Å². The van der Waals surface area contributed by atoms with Crippen LogP contribution in [0.1, 0.15) is 24.1 Å². The predicted molar refractivity (Wildman–Crippen MR) is 79.9 cm³/mol. The van der Waals surface area contributed by atoms with Crippen LogP contribution in [0.3, 0.4) is 0 Å². The molecule has 0 spiro atoms. The topological polar surface area (TPSA) is 21.3 Å². The SMILES string of the molecule is CCNC(c1ccc(F)cc1Cl)c1cc(F)ccc1OC. The Morgan fingerprint density at radius 1 is 1.10 bits per heavy atom. The number of benzene rings is 2. The van der Waals surface area contributed by atoms with Gasteiger partial charge in [0.05, 0.1) is 13.2 Å². The molecule has 2 nitrogen and oxygen atoms in total. The molecule has 1 unspecified atom stereocenters. The summed E-state index contributed by atoms with van der Waals surface area (Å²) in [7, 11) is 1.52. The largest absolute Gasteiger partial charge is 0.496 e. The summed E-state index contributed by atoms with van der Waals surface area (Å²) >= 11 is 6.13. The minimum Gasteiger partial charge on any atom is -0.496 e. The number of rotatable bonds is 5. The third-order valence-corrected chi connectivity index (χ3v) is 3.51. The van der Waals surface area contributed by atoms with E-state index in [9.17, 15) is 8.78 Å². The van der Waals surface area contributed by atoms with Gasteiger partial charge in [-0.1, -0.05) is 24.6 Å². The van der Waals surface area contributed by atoms with Crippen LogP contribution in [-0.4, -0.2) is 13.7 Å². The van der Waals surface area contributed by atoms with E-state index < -0.39 is 5.82 Å². The monoisotopic (exact) mass is 311 g/mol. The molecule has 0 heterocycles. The lowest BCUT2D eigenvalue weighted by atomic mass is 9.97. The minimum atomic E-state index is -0.412. The van der Waals surface area contributed by atoms with Crippen molar-refractivity contribution in [3.63, 3.8) is 0 Å². The molecule has 0 saturated heterocycles. The predicted octanol–water partition coefficient (Wildman–Crippen LogP) is 4.33. The first-order valence-corrected chi connectivity index (χ1v) is 6.96. The van der Waals surface area contributed by atoms with Gasteiger partial charge in [0.1, 0.15) is 17.4 Å². The van der Waals surface area contributed by atoms with Crippen molar-refractivity contribution in [2.45, 2.75) is 13.0 Å². The van der Waals surface area contributed by atoms with Crippen molar-refractivity contribution < 1.29 is 13.5 Å². The van der Waals surface area contributed by atoms with E-state index in [-0.39, 0.29) is 16.9 Å². The summed E-state index contributed by atoms with van der Waals surface area (Å²) in [6.07, 6.45) is 0. The molecule has 2 aromatic carbocycles. The van der Waals surface area contributed by atoms with Gasteiger partial charge in [0.15, 0.2) is 0 Å². The summed E-state index contributed by atoms with van der Waals surface area (Å²) in [6.45, 7) is 2.56. The van der Waals surface area contributed by atoms with Crippen LogP contribution in [0, 0.1) is 11.6 Å². The Morgan fingerprint density at radius 2 is 1.76 bits per heavy atom. The molecule has 0 amide bonds. The molecule has 5 heteroatoms. The van der Waals surface area contributed by atoms with Crippen LogP contribution >= 0.6 is 11.6 Å². The van der Waals surface area contributed by atoms with Crippen LogP contribution in [0.5, 0.6) is 5.75 Å². The summed E-state index contributed by atoms with van der Waals surface area (Å²) < 4.78 is 32.1. The third kappa shape index (κ3) is 3.52. The van der Waals surface area contributed by atoms with E-state index in [0.717, 1.165) is 0 Å². The third-order valence-electron chi connectivity index (χ3n) is 3.18. The molecule has 21 heavy (non-hydrogen) atoms. The van der Waals surface area contributed by atoms with Crippen molar-refractivity contribution in [1.29, 1.82) is 0 Å². The quantitative estimate of drug-likeness (QED) is 0.887. The van der Waals surface area contributed by atoms with Crippen molar-refractivity contribution in [3.8, 4) is 5.75 Å². The maximum Gasteiger partial charge on any atom is 0.124 e. The Hall–Kier alpha value is -1.65. The summed E-state index contributed by atoms with van der Waals surface area (Å²) in [5, 5.41) is 3.51. The number of nitrogens with one attached hydrogen (secondary N) is 1. The summed E-state index contributed by atoms with van der Waals surface area (Å²) in [6, 6.07) is 8.07. The molecule has 0 aliphatic heterocycles. The maximum atomic E-state index is 13.6. The molecule has 0 bridgehead atoms. The molecule has 0 aliphatic rings. The number of hydrogen-bond acceptors (Lipinski definition) is 2. The highest BCUT2D eigenvalue weighted by Crippen LogP contribution is 2.34. The Bertz CT molecular complexity index is 634. The number of ether oxygens (including phenoxy) is 1. The van der Waals surface area contributed by atoms with Crippen molar-refractivity contribution in [3.05, 3.63) is 64.2 Å². The number of halogens is 3. The standard InChI is InChI=1S/C16H16ClF2NO/c1-3-20-16(12-6-4-11(19)9-14(12)17)13-8-10(18)5-7-15(13)21-2/h4-9,16,20H,3H2,1-2H3. The Kier molecular flexibility index (Phi) is 5.15. The smallest absolute Gasteiger partial charge is 0.124 e. The van der Waals surface area contributed by atoms with E-state index in [1.165, 1.54) is 31.4 Å². The van der Waals surface area contributed by atoms with E-state index >= 15 is 0 Å². The number of methoxy groups -OCH3 is 1. The fourth-order valence-electron chi connectivity index (χ4n) is 2.26. The highest BCUT2D eigenvalue weighted by Gasteiger charge is 2.20. The van der Waals surface area contributed by atoms with Gasteiger partial charge in [-0.2, -0.15) is 0 Å². The first-order chi connectivity index (χ1) is 10.1. The zero-order valence-corrected chi connectivity index (χ0v) is 12.5. The summed E-state index contributed by atoms with van der Waals surface area (Å²) in [4.78, 5) is 0. The number of hydrogen-bond donors (Lipinski definition) is 1. The lowest BCUT2D eigenvalue weighted by molar-refractivity contribution is 0.402. The van der Waals surface area contributed by atoms with Gasteiger partial charge in [0.25, 0.3) is 0 Å². The Balaban J connectivity index is 2.55. The van der Waals surface area contributed by atoms with Gasteiger partial charge in [-0.15, -0.1) is 0 Å². The van der Waals surface area contributed by atoms with Crippen molar-refractivity contribution in [2.75, 3.05) is 13.7 Å². The van der Waals surface area contributed by atoms with E-state index in [2.05, 4.69) is 5.32 Å². The first kappa shape index (κ1) is 15.7. The molecular weight excluding hydrogens is 296 g/mol. The highest BCUT2D eigenvalue weighted by molar-refractivity contribution is 6.31. The molecule has 0 aliphatic carbocycles. The van der Waals surface area contributed by atoms with Crippen molar-refractivity contribution in [1.82, 2.24) is 5.32 Å². The molecule has 1 N–H and O–H groups in total. The second-order valence-electron chi connectivity index (χ2n) is 4.54. The second-order valence-corrected chi connectivity index (χ2v) is 4.95. The average molecular weight is 312 g/mol. The van der Waals surface area contributed by atoms with E-state index in [1.54, 1.807) is 12.1 Å². The van der Waals surface area contributed by atoms with E-state index in [1.807, 2.05) is 6.92 Å². The lowest BCUT2D eigenvalue weighted by Gasteiger charge is -2.22. The van der Waals surface area contributed by atoms with Crippen molar-refractivity contribution in [2.24, 2.45) is 0 Å². The molecule has 112 valence electrons. The van der Waals surface area contributed by atoms with Gasteiger partial charge in [0, 0.05) is 10.6 Å². The molecule has 1 atom stereocenters. The van der Waals surface area contributed by atoms with Crippen LogP contribution in [0.25, 0.3) is 0 Å². The molecule has 0 radical (unpaired) electrons. The normalized spacial score (nSPS) is 12.2. The zero-order valence-electron chi connectivity index (χ0n) is 11.8. The van der Waals surface area contributed by atoms with Gasteiger partial charge >= 0.3 is 0 Å². The lowest BCUT2D eigenvalue weighted by Crippen LogP contribution is -2.23. The van der Waals surface area contributed by atoms with Crippen LogP contribution in [0.15, 0.2) is 36.4 Å². The molecule has 2 aromatic rings. The zero-order chi connectivity index (χ0) is 15.4. The van der Waals surface area contributed by atoms with Crippen LogP contribution < -0.4 is 10.1 Å². The molecular formula is C16H16ClF2NO. The van der Waals surface area contributed by atoms with Crippen LogP contribution in [0.2, 0.25) is 5.02 Å². The Labute approximate surface area is 127 Å². The highest BCUT2D eigenvalue weighted by atomic mass is 35.5. The van der Waals surface area contributed by atoms with Crippen molar-refractivity contribution >= 4 is 11.6 Å². The first-order valence-electron chi connectivity index (χ1n) is 6.58. The van der Waals surface area contributed by atoms with E-state index in [0.29, 0.717) is 23.4 Å². The second kappa shape index (κ2) is 6.87. The minimum absolute atomic E-state index is 0.285. The Morgan fingerprint density at radius 3 is 2.38 bits per heavy atom. The molecule has 2 rings (SSSR count). The van der Waals surface area contributed by atoms with Crippen LogP contribution in [-0.2, 0) is 0 Å². The average Bonchev–Trinajstić information content (AvgIpc) is 2.45. The fraction of sp³-hybridized carbons (Fsp3) is 0.250. The van der Waals surface area contributed by atoms with Gasteiger partial charge < -0.3 is 10.1 Å². The van der Waals surface area contributed by atoms with Gasteiger partial charge in [-0.3, -0.25) is 0 Å². The van der Waals surface area contributed by atoms with Gasteiger partial charge in [-0.05, 0) is 42.4 Å². The molecule has 0 fully saturated rings. The molecule has 0 saturated carbocycles. The summed E-state index contributed by atoms with van der Waals surface area (Å²) in [5.74, 6) is -0.236.